The van der Waals surface area contributed by atoms with Gasteiger partial charge in [0.2, 0.25) is 0 Å². The Morgan fingerprint density at radius 2 is 2.22 bits per heavy atom. The fraction of sp³-hybridized carbons (Fsp3) is 0.333. The fourth-order valence-corrected chi connectivity index (χ4v) is 4.00. The van der Waals surface area contributed by atoms with Crippen LogP contribution in [0.1, 0.15) is 29.6 Å². The quantitative estimate of drug-likeness (QED) is 0.875. The zero-order valence-corrected chi connectivity index (χ0v) is 13.8. The zero-order chi connectivity index (χ0) is 16.2. The second kappa shape index (κ2) is 7.34. The molecule has 23 heavy (non-hydrogen) atoms. The summed E-state index contributed by atoms with van der Waals surface area (Å²) in [5.74, 6) is 1.51. The lowest BCUT2D eigenvalue weighted by Crippen LogP contribution is -2.31. The van der Waals surface area contributed by atoms with Crippen LogP contribution in [0.3, 0.4) is 0 Å². The lowest BCUT2D eigenvalue weighted by Gasteiger charge is -2.30. The Morgan fingerprint density at radius 1 is 1.35 bits per heavy atom. The number of benzene rings is 2. The second-order valence-electron chi connectivity index (χ2n) is 5.55. The summed E-state index contributed by atoms with van der Waals surface area (Å²) in [6.07, 6.45) is 0.904. The van der Waals surface area contributed by atoms with Crippen molar-refractivity contribution < 1.29 is 14.2 Å². The van der Waals surface area contributed by atoms with E-state index in [4.69, 9.17) is 4.74 Å². The first-order valence-electron chi connectivity index (χ1n) is 7.64. The number of thioether (sulfide) groups is 1. The normalized spacial score (nSPS) is 18.3. The summed E-state index contributed by atoms with van der Waals surface area (Å²) in [6, 6.07) is 12.4. The molecule has 0 spiro atoms. The van der Waals surface area contributed by atoms with Gasteiger partial charge in [-0.15, -0.1) is 11.8 Å². The van der Waals surface area contributed by atoms with E-state index in [1.807, 2.05) is 30.3 Å². The van der Waals surface area contributed by atoms with Crippen molar-refractivity contribution in [1.29, 1.82) is 0 Å². The standard InChI is InChI=1S/C18H20FNO2S/c1-22-14-4-2-3-12(9-14)17(11-21)20-16-7-8-23-18-6-5-13(19)10-15(16)18/h2-6,9-10,16-17,20-21H,7-8,11H2,1H3. The molecule has 2 N–H and O–H groups in total. The number of ether oxygens (including phenoxy) is 1. The first-order valence-corrected chi connectivity index (χ1v) is 8.63. The maximum Gasteiger partial charge on any atom is 0.123 e. The highest BCUT2D eigenvalue weighted by molar-refractivity contribution is 7.99. The highest BCUT2D eigenvalue weighted by atomic mass is 32.2. The largest absolute Gasteiger partial charge is 0.497 e. The molecule has 0 bridgehead atoms. The van der Waals surface area contributed by atoms with E-state index in [2.05, 4.69) is 5.32 Å². The molecule has 0 fully saturated rings. The first kappa shape index (κ1) is 16.3. The minimum absolute atomic E-state index is 0.0263. The average Bonchev–Trinajstić information content (AvgIpc) is 2.59. The molecule has 0 radical (unpaired) electrons. The van der Waals surface area contributed by atoms with Gasteiger partial charge >= 0.3 is 0 Å². The maximum absolute atomic E-state index is 13.6. The van der Waals surface area contributed by atoms with E-state index in [9.17, 15) is 9.50 Å². The van der Waals surface area contributed by atoms with Crippen molar-refractivity contribution in [2.24, 2.45) is 0 Å². The molecule has 2 aromatic carbocycles. The van der Waals surface area contributed by atoms with Gasteiger partial charge in [-0.25, -0.2) is 4.39 Å². The molecule has 5 heteroatoms. The van der Waals surface area contributed by atoms with E-state index in [0.717, 1.165) is 33.9 Å². The summed E-state index contributed by atoms with van der Waals surface area (Å²) < 4.78 is 18.9. The molecule has 0 amide bonds. The molecule has 2 unspecified atom stereocenters. The molecule has 2 atom stereocenters. The highest BCUT2D eigenvalue weighted by Gasteiger charge is 2.24. The van der Waals surface area contributed by atoms with Crippen molar-refractivity contribution >= 4 is 11.8 Å². The fourth-order valence-electron chi connectivity index (χ4n) is 2.89. The monoisotopic (exact) mass is 333 g/mol. The van der Waals surface area contributed by atoms with E-state index >= 15 is 0 Å². The molecule has 1 aliphatic rings. The van der Waals surface area contributed by atoms with Crippen LogP contribution in [0.2, 0.25) is 0 Å². The van der Waals surface area contributed by atoms with Gasteiger partial charge in [0.05, 0.1) is 19.8 Å². The average molecular weight is 333 g/mol. The molecule has 0 aromatic heterocycles. The van der Waals surface area contributed by atoms with Gasteiger partial charge in [-0.2, -0.15) is 0 Å². The number of hydrogen-bond donors (Lipinski definition) is 2. The van der Waals surface area contributed by atoms with Crippen molar-refractivity contribution in [1.82, 2.24) is 5.32 Å². The lowest BCUT2D eigenvalue weighted by atomic mass is 10.00. The van der Waals surface area contributed by atoms with Crippen LogP contribution in [0.4, 0.5) is 4.39 Å². The van der Waals surface area contributed by atoms with Crippen LogP contribution < -0.4 is 10.1 Å². The minimum atomic E-state index is -0.222. The Kier molecular flexibility index (Phi) is 5.20. The molecule has 0 saturated carbocycles. The van der Waals surface area contributed by atoms with Crippen LogP contribution in [-0.2, 0) is 0 Å². The summed E-state index contributed by atoms with van der Waals surface area (Å²) in [4.78, 5) is 1.11. The van der Waals surface area contributed by atoms with E-state index in [1.54, 1.807) is 24.9 Å². The Morgan fingerprint density at radius 3 is 3.00 bits per heavy atom. The topological polar surface area (TPSA) is 41.5 Å². The second-order valence-corrected chi connectivity index (χ2v) is 6.69. The number of methoxy groups -OCH3 is 1. The number of nitrogens with one attached hydrogen (secondary N) is 1. The summed E-state index contributed by atoms with van der Waals surface area (Å²) in [5, 5.41) is 13.3. The summed E-state index contributed by atoms with van der Waals surface area (Å²) in [7, 11) is 1.62. The number of hydrogen-bond acceptors (Lipinski definition) is 4. The van der Waals surface area contributed by atoms with Crippen molar-refractivity contribution in [3.63, 3.8) is 0 Å². The third-order valence-corrected chi connectivity index (χ3v) is 5.22. The van der Waals surface area contributed by atoms with Gasteiger partial charge in [0.25, 0.3) is 0 Å². The van der Waals surface area contributed by atoms with Crippen molar-refractivity contribution in [2.75, 3.05) is 19.5 Å². The van der Waals surface area contributed by atoms with Crippen molar-refractivity contribution in [2.45, 2.75) is 23.4 Å². The highest BCUT2D eigenvalue weighted by Crippen LogP contribution is 2.37. The van der Waals surface area contributed by atoms with E-state index < -0.39 is 0 Å². The van der Waals surface area contributed by atoms with E-state index in [-0.39, 0.29) is 24.5 Å². The van der Waals surface area contributed by atoms with Crippen LogP contribution in [0.15, 0.2) is 47.4 Å². The SMILES string of the molecule is COc1cccc(C(CO)NC2CCSc3ccc(F)cc32)c1. The number of halogens is 1. The Bertz CT molecular complexity index is 680. The Labute approximate surface area is 139 Å². The summed E-state index contributed by atoms with van der Waals surface area (Å²) in [5.41, 5.74) is 1.94. The number of rotatable bonds is 5. The van der Waals surface area contributed by atoms with Gasteiger partial charge in [-0.05, 0) is 53.6 Å². The molecule has 3 nitrogen and oxygen atoms in total. The van der Waals surface area contributed by atoms with Gasteiger partial charge in [0.1, 0.15) is 11.6 Å². The van der Waals surface area contributed by atoms with Gasteiger partial charge in [-0.3, -0.25) is 0 Å². The molecule has 1 heterocycles. The van der Waals surface area contributed by atoms with E-state index in [1.165, 1.54) is 6.07 Å². The molecule has 0 aliphatic carbocycles. The van der Waals surface area contributed by atoms with Gasteiger partial charge in [-0.1, -0.05) is 12.1 Å². The number of aliphatic hydroxyl groups excluding tert-OH is 1. The zero-order valence-electron chi connectivity index (χ0n) is 13.0. The van der Waals surface area contributed by atoms with Gasteiger partial charge in [0, 0.05) is 10.9 Å². The molecular formula is C18H20FNO2S. The smallest absolute Gasteiger partial charge is 0.123 e. The van der Waals surface area contributed by atoms with Crippen molar-refractivity contribution in [3.8, 4) is 5.75 Å². The predicted molar refractivity (Wildman–Crippen MR) is 90.4 cm³/mol. The molecule has 1 aliphatic heterocycles. The third-order valence-electron chi connectivity index (χ3n) is 4.09. The van der Waals surface area contributed by atoms with Crippen LogP contribution in [0.25, 0.3) is 0 Å². The minimum Gasteiger partial charge on any atom is -0.497 e. The summed E-state index contributed by atoms with van der Waals surface area (Å²) >= 11 is 1.75. The molecule has 122 valence electrons. The van der Waals surface area contributed by atoms with Crippen LogP contribution in [0, 0.1) is 5.82 Å². The number of aliphatic hydroxyl groups is 1. The van der Waals surface area contributed by atoms with Crippen LogP contribution >= 0.6 is 11.8 Å². The summed E-state index contributed by atoms with van der Waals surface area (Å²) in [6.45, 7) is -0.0263. The Balaban J connectivity index is 1.84. The third kappa shape index (κ3) is 3.68. The van der Waals surface area contributed by atoms with Crippen molar-refractivity contribution in [3.05, 3.63) is 59.4 Å². The van der Waals surface area contributed by atoms with Gasteiger partial charge < -0.3 is 15.2 Å². The maximum atomic E-state index is 13.6. The molecule has 0 saturated heterocycles. The lowest BCUT2D eigenvalue weighted by molar-refractivity contribution is 0.231. The first-order chi connectivity index (χ1) is 11.2. The van der Waals surface area contributed by atoms with Crippen LogP contribution in [-0.4, -0.2) is 24.6 Å². The Hall–Kier alpha value is -1.56. The molecule has 2 aromatic rings. The molecule has 3 rings (SSSR count). The molecular weight excluding hydrogens is 313 g/mol. The number of fused-ring (bicyclic) bond motifs is 1. The van der Waals surface area contributed by atoms with Crippen LogP contribution in [0.5, 0.6) is 5.75 Å². The van der Waals surface area contributed by atoms with E-state index in [0.29, 0.717) is 0 Å². The van der Waals surface area contributed by atoms with Gasteiger partial charge in [0.15, 0.2) is 0 Å². The predicted octanol–water partition coefficient (Wildman–Crippen LogP) is 3.69.